The maximum Gasteiger partial charge on any atom is 0.306 e. The van der Waals surface area contributed by atoms with Gasteiger partial charge in [0, 0.05) is 17.3 Å². The van der Waals surface area contributed by atoms with Gasteiger partial charge in [-0.25, -0.2) is 9.97 Å². The van der Waals surface area contributed by atoms with Crippen LogP contribution in [-0.2, 0) is 11.2 Å². The molecule has 0 saturated heterocycles. The number of fused-ring (bicyclic) bond motifs is 2. The second-order valence-corrected chi connectivity index (χ2v) is 9.49. The first-order chi connectivity index (χ1) is 15.1. The maximum absolute atomic E-state index is 11.3. The molecule has 1 saturated carbocycles. The predicted octanol–water partition coefficient (Wildman–Crippen LogP) is 4.74. The molecule has 5 rings (SSSR count). The van der Waals surface area contributed by atoms with Gasteiger partial charge in [-0.3, -0.25) is 4.79 Å². The second-order valence-electron chi connectivity index (χ2n) is 8.26. The molecule has 3 aromatic rings. The lowest BCUT2D eigenvalue weighted by atomic mass is 9.81. The van der Waals surface area contributed by atoms with Crippen molar-refractivity contribution in [2.75, 3.05) is 18.7 Å². The molecule has 2 aliphatic rings. The first-order valence-electron chi connectivity index (χ1n) is 10.7. The van der Waals surface area contributed by atoms with Gasteiger partial charge in [-0.15, -0.1) is 11.3 Å². The number of thiophene rings is 1. The van der Waals surface area contributed by atoms with Crippen molar-refractivity contribution in [3.05, 3.63) is 40.5 Å². The summed E-state index contributed by atoms with van der Waals surface area (Å²) >= 11 is 1.68. The Bertz CT molecular complexity index is 1120. The normalized spacial score (nSPS) is 20.2. The second kappa shape index (κ2) is 8.34. The van der Waals surface area contributed by atoms with Crippen LogP contribution in [0.2, 0.25) is 0 Å². The van der Waals surface area contributed by atoms with Crippen LogP contribution in [0.3, 0.4) is 0 Å². The summed E-state index contributed by atoms with van der Waals surface area (Å²) in [5, 5.41) is 13.8. The third kappa shape index (κ3) is 4.17. The molecule has 1 aliphatic carbocycles. The lowest BCUT2D eigenvalue weighted by molar-refractivity contribution is -0.142. The number of carboxylic acid groups (broad SMARTS) is 1. The van der Waals surface area contributed by atoms with E-state index in [-0.39, 0.29) is 18.6 Å². The van der Waals surface area contributed by atoms with E-state index >= 15 is 0 Å². The molecule has 0 radical (unpaired) electrons. The number of benzene rings is 1. The molecule has 0 amide bonds. The molecule has 2 aromatic heterocycles. The molecular weight excluding hydrogens is 414 g/mol. The summed E-state index contributed by atoms with van der Waals surface area (Å²) in [6.07, 6.45) is 3.87. The van der Waals surface area contributed by atoms with Crippen LogP contribution >= 0.6 is 11.3 Å². The molecule has 7 nitrogen and oxygen atoms in total. The predicted molar refractivity (Wildman–Crippen MR) is 119 cm³/mol. The van der Waals surface area contributed by atoms with E-state index in [2.05, 4.69) is 24.4 Å². The van der Waals surface area contributed by atoms with E-state index in [9.17, 15) is 9.90 Å². The summed E-state index contributed by atoms with van der Waals surface area (Å²) in [6, 6.07) is 8.18. The Morgan fingerprint density at radius 2 is 1.97 bits per heavy atom. The zero-order chi connectivity index (χ0) is 21.4. The third-order valence-electron chi connectivity index (χ3n) is 6.12. The summed E-state index contributed by atoms with van der Waals surface area (Å²) in [5.74, 6) is 2.60. The van der Waals surface area contributed by atoms with E-state index in [4.69, 9.17) is 19.4 Å². The van der Waals surface area contributed by atoms with Gasteiger partial charge in [0.15, 0.2) is 11.5 Å². The number of anilines is 1. The maximum atomic E-state index is 11.3. The van der Waals surface area contributed by atoms with E-state index in [1.807, 2.05) is 12.1 Å². The number of aryl methyl sites for hydroxylation is 1. The van der Waals surface area contributed by atoms with Crippen molar-refractivity contribution in [2.24, 2.45) is 5.92 Å². The molecule has 1 aromatic carbocycles. The smallest absolute Gasteiger partial charge is 0.306 e. The van der Waals surface area contributed by atoms with Crippen molar-refractivity contribution in [1.29, 1.82) is 0 Å². The summed E-state index contributed by atoms with van der Waals surface area (Å²) in [5.41, 5.74) is 1.18. The van der Waals surface area contributed by atoms with Gasteiger partial charge in [0.25, 0.3) is 0 Å². The van der Waals surface area contributed by atoms with Gasteiger partial charge in [-0.2, -0.15) is 0 Å². The summed E-state index contributed by atoms with van der Waals surface area (Å²) in [7, 11) is 0. The largest absolute Gasteiger partial charge is 0.481 e. The summed E-state index contributed by atoms with van der Waals surface area (Å²) in [6.45, 7) is 3.11. The minimum absolute atomic E-state index is 0.219. The lowest BCUT2D eigenvalue weighted by Gasteiger charge is -2.25. The van der Waals surface area contributed by atoms with Gasteiger partial charge in [0.1, 0.15) is 16.5 Å². The van der Waals surface area contributed by atoms with Crippen molar-refractivity contribution < 1.29 is 19.4 Å². The SMILES string of the molecule is Cc1cc2c(NCCc3ccc4c(c3)OCO4)nc(C3CCC(C(=O)O)CC3)nc2s1. The van der Waals surface area contributed by atoms with Crippen LogP contribution in [0.25, 0.3) is 10.2 Å². The summed E-state index contributed by atoms with van der Waals surface area (Å²) in [4.78, 5) is 23.2. The monoisotopic (exact) mass is 439 g/mol. The van der Waals surface area contributed by atoms with Gasteiger partial charge in [-0.1, -0.05) is 6.07 Å². The number of nitrogens with one attached hydrogen (secondary N) is 1. The number of aromatic nitrogens is 2. The van der Waals surface area contributed by atoms with E-state index in [1.165, 1.54) is 10.4 Å². The number of hydrogen-bond donors (Lipinski definition) is 2. The van der Waals surface area contributed by atoms with E-state index in [1.54, 1.807) is 11.3 Å². The fourth-order valence-corrected chi connectivity index (χ4v) is 5.28. The van der Waals surface area contributed by atoms with E-state index < -0.39 is 5.97 Å². The van der Waals surface area contributed by atoms with Crippen LogP contribution in [0.5, 0.6) is 11.5 Å². The molecule has 8 heteroatoms. The van der Waals surface area contributed by atoms with Crippen LogP contribution in [0, 0.1) is 12.8 Å². The molecule has 2 N–H and O–H groups in total. The molecule has 0 spiro atoms. The molecule has 0 atom stereocenters. The van der Waals surface area contributed by atoms with Crippen LogP contribution in [-0.4, -0.2) is 34.4 Å². The van der Waals surface area contributed by atoms with Crippen LogP contribution in [0.1, 0.15) is 47.9 Å². The standard InChI is InChI=1S/C23H25N3O4S/c1-13-10-17-21(24-9-8-14-2-7-18-19(11-14)30-12-29-18)25-20(26-22(17)31-13)15-3-5-16(6-4-15)23(27)28/h2,7,10-11,15-16H,3-6,8-9,12H2,1H3,(H,27,28)(H,24,25,26). The number of nitrogens with zero attached hydrogens (tertiary/aromatic N) is 2. The molecule has 31 heavy (non-hydrogen) atoms. The highest BCUT2D eigenvalue weighted by Gasteiger charge is 2.29. The van der Waals surface area contributed by atoms with E-state index in [0.29, 0.717) is 12.8 Å². The molecule has 3 heterocycles. The number of carbonyl (C=O) groups is 1. The van der Waals surface area contributed by atoms with Crippen molar-refractivity contribution >= 4 is 33.3 Å². The van der Waals surface area contributed by atoms with Crippen molar-refractivity contribution in [3.8, 4) is 11.5 Å². The van der Waals surface area contributed by atoms with Gasteiger partial charge < -0.3 is 19.9 Å². The highest BCUT2D eigenvalue weighted by molar-refractivity contribution is 7.18. The van der Waals surface area contributed by atoms with Crippen LogP contribution < -0.4 is 14.8 Å². The van der Waals surface area contributed by atoms with Crippen LogP contribution in [0.4, 0.5) is 5.82 Å². The van der Waals surface area contributed by atoms with Crippen molar-refractivity contribution in [1.82, 2.24) is 9.97 Å². The van der Waals surface area contributed by atoms with Gasteiger partial charge in [0.05, 0.1) is 11.3 Å². The minimum atomic E-state index is -0.686. The molecule has 0 bridgehead atoms. The average molecular weight is 440 g/mol. The number of ether oxygens (including phenoxy) is 2. The molecule has 1 aliphatic heterocycles. The Labute approximate surface area is 184 Å². The molecular formula is C23H25N3O4S. The quantitative estimate of drug-likeness (QED) is 0.573. The minimum Gasteiger partial charge on any atom is -0.481 e. The number of hydrogen-bond acceptors (Lipinski definition) is 7. The first-order valence-corrected chi connectivity index (χ1v) is 11.5. The number of carboxylic acids is 1. The van der Waals surface area contributed by atoms with Gasteiger partial charge in [0.2, 0.25) is 6.79 Å². The van der Waals surface area contributed by atoms with E-state index in [0.717, 1.165) is 59.2 Å². The van der Waals surface area contributed by atoms with Gasteiger partial charge in [-0.05, 0) is 62.8 Å². The number of aliphatic carboxylic acids is 1. The topological polar surface area (TPSA) is 93.6 Å². The Morgan fingerprint density at radius 1 is 1.16 bits per heavy atom. The fraction of sp³-hybridized carbons (Fsp3) is 0.435. The van der Waals surface area contributed by atoms with Crippen molar-refractivity contribution in [3.63, 3.8) is 0 Å². The van der Waals surface area contributed by atoms with Crippen LogP contribution in [0.15, 0.2) is 24.3 Å². The average Bonchev–Trinajstić information content (AvgIpc) is 3.38. The molecule has 1 fully saturated rings. The Hall–Kier alpha value is -2.87. The third-order valence-corrected chi connectivity index (χ3v) is 7.06. The highest BCUT2D eigenvalue weighted by Crippen LogP contribution is 2.37. The molecule has 0 unspecified atom stereocenters. The fourth-order valence-electron chi connectivity index (χ4n) is 4.40. The van der Waals surface area contributed by atoms with Crippen molar-refractivity contribution in [2.45, 2.75) is 44.9 Å². The summed E-state index contributed by atoms with van der Waals surface area (Å²) < 4.78 is 10.9. The molecule has 162 valence electrons. The Morgan fingerprint density at radius 3 is 2.77 bits per heavy atom. The lowest BCUT2D eigenvalue weighted by Crippen LogP contribution is -2.21. The first kappa shape index (κ1) is 20.1. The van der Waals surface area contributed by atoms with Gasteiger partial charge >= 0.3 is 5.97 Å². The Balaban J connectivity index is 1.32. The zero-order valence-corrected chi connectivity index (χ0v) is 18.2. The Kier molecular flexibility index (Phi) is 5.40. The number of rotatable bonds is 6. The highest BCUT2D eigenvalue weighted by atomic mass is 32.1. The zero-order valence-electron chi connectivity index (χ0n) is 17.4.